The summed E-state index contributed by atoms with van der Waals surface area (Å²) in [5, 5.41) is 7.55. The molecule has 0 N–H and O–H groups in total. The van der Waals surface area contributed by atoms with Crippen LogP contribution < -0.4 is 0 Å². The van der Waals surface area contributed by atoms with Gasteiger partial charge in [0.1, 0.15) is 0 Å². The molecular weight excluding hydrogens is 577 g/mol. The van der Waals surface area contributed by atoms with Gasteiger partial charge >= 0.3 is 0 Å². The normalized spacial score (nSPS) is 11.3. The first-order chi connectivity index (χ1) is 23.8. The number of hydrogen-bond donors (Lipinski definition) is 0. The highest BCUT2D eigenvalue weighted by Crippen LogP contribution is 2.45. The van der Waals surface area contributed by atoms with Gasteiger partial charge in [0.05, 0.1) is 0 Å². The van der Waals surface area contributed by atoms with E-state index in [2.05, 4.69) is 194 Å². The summed E-state index contributed by atoms with van der Waals surface area (Å²) in [6, 6.07) is 70.8. The third-order valence-corrected chi connectivity index (χ3v) is 9.65. The molecule has 0 aliphatic carbocycles. The molecule has 0 spiro atoms. The Labute approximate surface area is 281 Å². The highest BCUT2D eigenvalue weighted by Gasteiger charge is 2.18. The van der Waals surface area contributed by atoms with Crippen LogP contribution in [0, 0.1) is 0 Å². The molecule has 0 atom stereocenters. The van der Waals surface area contributed by atoms with E-state index in [4.69, 9.17) is 0 Å². The molecule has 9 rings (SSSR count). The molecule has 0 heterocycles. The fraction of sp³-hybridized carbons (Fsp3) is 0. The Morgan fingerprint density at radius 2 is 0.625 bits per heavy atom. The van der Waals surface area contributed by atoms with Gasteiger partial charge in [-0.15, -0.1) is 0 Å². The van der Waals surface area contributed by atoms with Crippen molar-refractivity contribution in [3.63, 3.8) is 0 Å². The van der Waals surface area contributed by atoms with Crippen molar-refractivity contribution in [1.29, 1.82) is 0 Å². The Kier molecular flexibility index (Phi) is 6.91. The molecule has 0 aromatic heterocycles. The van der Waals surface area contributed by atoms with Gasteiger partial charge in [-0.25, -0.2) is 0 Å². The summed E-state index contributed by atoms with van der Waals surface area (Å²) < 4.78 is 0. The van der Waals surface area contributed by atoms with E-state index in [0.717, 1.165) is 0 Å². The first-order valence-corrected chi connectivity index (χ1v) is 16.6. The van der Waals surface area contributed by atoms with E-state index >= 15 is 0 Å². The minimum atomic E-state index is 1.22. The van der Waals surface area contributed by atoms with Crippen molar-refractivity contribution >= 4 is 32.3 Å². The van der Waals surface area contributed by atoms with Crippen LogP contribution >= 0.6 is 0 Å². The molecule has 0 saturated heterocycles. The maximum absolute atomic E-state index is 2.40. The molecule has 0 heteroatoms. The molecule has 224 valence electrons. The second kappa shape index (κ2) is 11.8. The van der Waals surface area contributed by atoms with E-state index in [1.54, 1.807) is 0 Å². The highest BCUT2D eigenvalue weighted by molar-refractivity contribution is 6.22. The first-order valence-electron chi connectivity index (χ1n) is 16.6. The van der Waals surface area contributed by atoms with Crippen molar-refractivity contribution in [3.8, 4) is 55.6 Å². The van der Waals surface area contributed by atoms with Gasteiger partial charge < -0.3 is 0 Å². The van der Waals surface area contributed by atoms with Gasteiger partial charge in [-0.2, -0.15) is 0 Å². The van der Waals surface area contributed by atoms with Crippen LogP contribution in [-0.2, 0) is 0 Å². The summed E-state index contributed by atoms with van der Waals surface area (Å²) >= 11 is 0. The first kappa shape index (κ1) is 28.0. The Balaban J connectivity index is 1.29. The molecule has 0 bridgehead atoms. The zero-order valence-corrected chi connectivity index (χ0v) is 26.5. The van der Waals surface area contributed by atoms with Crippen molar-refractivity contribution in [1.82, 2.24) is 0 Å². The van der Waals surface area contributed by atoms with Crippen LogP contribution in [0.25, 0.3) is 88.0 Å². The van der Waals surface area contributed by atoms with E-state index in [9.17, 15) is 0 Å². The fourth-order valence-corrected chi connectivity index (χ4v) is 7.29. The summed E-state index contributed by atoms with van der Waals surface area (Å²) in [7, 11) is 0. The third-order valence-electron chi connectivity index (χ3n) is 9.65. The minimum absolute atomic E-state index is 1.22. The molecule has 0 nitrogen and oxygen atoms in total. The van der Waals surface area contributed by atoms with Crippen molar-refractivity contribution in [2.75, 3.05) is 0 Å². The lowest BCUT2D eigenvalue weighted by atomic mass is 9.84. The van der Waals surface area contributed by atoms with Crippen LogP contribution in [0.15, 0.2) is 194 Å². The van der Waals surface area contributed by atoms with Gasteiger partial charge in [0.25, 0.3) is 0 Å². The second-order valence-electron chi connectivity index (χ2n) is 12.5. The quantitative estimate of drug-likeness (QED) is 0.171. The highest BCUT2D eigenvalue weighted by atomic mass is 14.2. The Bertz CT molecular complexity index is 2580. The number of fused-ring (bicyclic) bond motifs is 3. The molecule has 0 aliphatic heterocycles. The van der Waals surface area contributed by atoms with Gasteiger partial charge in [0.15, 0.2) is 0 Å². The molecule has 9 aromatic carbocycles. The summed E-state index contributed by atoms with van der Waals surface area (Å²) in [6.45, 7) is 0. The van der Waals surface area contributed by atoms with Gasteiger partial charge in [-0.3, -0.25) is 0 Å². The number of benzene rings is 9. The van der Waals surface area contributed by atoms with Crippen molar-refractivity contribution in [2.24, 2.45) is 0 Å². The predicted molar refractivity (Wildman–Crippen MR) is 206 cm³/mol. The standard InChI is InChI=1S/C48H32/c1-3-12-33(13-4-1)36-22-25-37(26-23-36)47-43-20-9-10-21-44(43)48(45-29-28-41(32-46(45)47)34-14-5-2-6-15-34)42-19-11-18-39(31-42)40-27-24-35-16-7-8-17-38(35)30-40/h1-32H. The maximum atomic E-state index is 2.40. The predicted octanol–water partition coefficient (Wildman–Crippen LogP) is 13.5. The average molecular weight is 609 g/mol. The van der Waals surface area contributed by atoms with Gasteiger partial charge in [0.2, 0.25) is 0 Å². The van der Waals surface area contributed by atoms with Gasteiger partial charge in [-0.1, -0.05) is 176 Å². The largest absolute Gasteiger partial charge is 0.0622 e. The topological polar surface area (TPSA) is 0 Å². The zero-order chi connectivity index (χ0) is 31.9. The smallest absolute Gasteiger partial charge is 0.00261 e. The van der Waals surface area contributed by atoms with E-state index in [1.807, 2.05) is 0 Å². The summed E-state index contributed by atoms with van der Waals surface area (Å²) in [5.74, 6) is 0. The van der Waals surface area contributed by atoms with E-state index < -0.39 is 0 Å². The lowest BCUT2D eigenvalue weighted by Crippen LogP contribution is -1.92. The lowest BCUT2D eigenvalue weighted by molar-refractivity contribution is 1.60. The summed E-state index contributed by atoms with van der Waals surface area (Å²) in [4.78, 5) is 0. The number of rotatable bonds is 5. The molecule has 0 fully saturated rings. The zero-order valence-electron chi connectivity index (χ0n) is 26.5. The Morgan fingerprint density at radius 3 is 1.35 bits per heavy atom. The van der Waals surface area contributed by atoms with Crippen LogP contribution in [0.1, 0.15) is 0 Å². The number of hydrogen-bond acceptors (Lipinski definition) is 0. The molecule has 0 unspecified atom stereocenters. The van der Waals surface area contributed by atoms with Crippen LogP contribution in [-0.4, -0.2) is 0 Å². The van der Waals surface area contributed by atoms with Gasteiger partial charge in [0, 0.05) is 0 Å². The van der Waals surface area contributed by atoms with Gasteiger partial charge in [-0.05, 0) is 106 Å². The second-order valence-corrected chi connectivity index (χ2v) is 12.5. The summed E-state index contributed by atoms with van der Waals surface area (Å²) in [6.07, 6.45) is 0. The van der Waals surface area contributed by atoms with Crippen molar-refractivity contribution in [3.05, 3.63) is 194 Å². The molecule has 9 aromatic rings. The molecular formula is C48H32. The van der Waals surface area contributed by atoms with E-state index in [1.165, 1.54) is 88.0 Å². The fourth-order valence-electron chi connectivity index (χ4n) is 7.29. The van der Waals surface area contributed by atoms with Crippen molar-refractivity contribution < 1.29 is 0 Å². The van der Waals surface area contributed by atoms with Crippen LogP contribution in [0.3, 0.4) is 0 Å². The maximum Gasteiger partial charge on any atom is -0.00261 e. The molecule has 0 amide bonds. The molecule has 0 saturated carbocycles. The third kappa shape index (κ3) is 4.96. The minimum Gasteiger partial charge on any atom is -0.0622 e. The van der Waals surface area contributed by atoms with Crippen LogP contribution in [0.2, 0.25) is 0 Å². The molecule has 0 radical (unpaired) electrons. The lowest BCUT2D eigenvalue weighted by Gasteiger charge is -2.19. The van der Waals surface area contributed by atoms with Crippen LogP contribution in [0.5, 0.6) is 0 Å². The monoisotopic (exact) mass is 608 g/mol. The SMILES string of the molecule is c1ccc(-c2ccc(-c3c4ccccc4c(-c4cccc(-c5ccc6ccccc6c5)c4)c4ccc(-c5ccccc5)cc34)cc2)cc1. The molecule has 48 heavy (non-hydrogen) atoms. The van der Waals surface area contributed by atoms with E-state index in [-0.39, 0.29) is 0 Å². The Hall–Kier alpha value is -6.24. The summed E-state index contributed by atoms with van der Waals surface area (Å²) in [5.41, 5.74) is 12.3. The van der Waals surface area contributed by atoms with Crippen molar-refractivity contribution in [2.45, 2.75) is 0 Å². The van der Waals surface area contributed by atoms with E-state index in [0.29, 0.717) is 0 Å². The average Bonchev–Trinajstić information content (AvgIpc) is 3.17. The Morgan fingerprint density at radius 1 is 0.188 bits per heavy atom. The molecule has 0 aliphatic rings. The van der Waals surface area contributed by atoms with Crippen LogP contribution in [0.4, 0.5) is 0 Å².